The summed E-state index contributed by atoms with van der Waals surface area (Å²) in [6.45, 7) is 0. The molecule has 1 heterocycles. The molecular weight excluding hydrogens is 293 g/mol. The van der Waals surface area contributed by atoms with Crippen molar-refractivity contribution in [1.82, 2.24) is 14.8 Å². The molecule has 2 aromatic rings. The third kappa shape index (κ3) is 3.05. The maximum Gasteiger partial charge on any atom is 0.313 e. The van der Waals surface area contributed by atoms with E-state index in [-0.39, 0.29) is 22.2 Å². The normalized spacial score (nSPS) is 10.7. The highest BCUT2D eigenvalue weighted by Gasteiger charge is 2.17. The van der Waals surface area contributed by atoms with Crippen molar-refractivity contribution >= 4 is 29.3 Å². The Bertz CT molecular complexity index is 612. The molecule has 0 bridgehead atoms. The van der Waals surface area contributed by atoms with Gasteiger partial charge in [-0.15, -0.1) is 0 Å². The second-order valence-electron chi connectivity index (χ2n) is 3.62. The number of carboxylic acids is 1. The molecule has 2 rings (SSSR count). The number of carbonyl (C=O) groups is 1. The number of aromatic nitrogens is 3. The fourth-order valence-electron chi connectivity index (χ4n) is 1.44. The highest BCUT2D eigenvalue weighted by atomic mass is 35.5. The Kier molecular flexibility index (Phi) is 4.06. The first-order valence-electron chi connectivity index (χ1n) is 5.19. The van der Waals surface area contributed by atoms with Gasteiger partial charge in [0.15, 0.2) is 11.0 Å². The minimum atomic E-state index is -0.960. The SMILES string of the molecule is Cn1nc(-c2c(F)cccc2Cl)nc1SCC(=O)O. The number of hydrogen-bond acceptors (Lipinski definition) is 4. The van der Waals surface area contributed by atoms with Gasteiger partial charge in [0, 0.05) is 7.05 Å². The molecule has 1 aromatic heterocycles. The summed E-state index contributed by atoms with van der Waals surface area (Å²) in [5, 5.41) is 13.3. The maximum atomic E-state index is 13.7. The van der Waals surface area contributed by atoms with Crippen LogP contribution < -0.4 is 0 Å². The highest BCUT2D eigenvalue weighted by Crippen LogP contribution is 2.29. The summed E-state index contributed by atoms with van der Waals surface area (Å²) < 4.78 is 15.1. The lowest BCUT2D eigenvalue weighted by molar-refractivity contribution is -0.133. The molecule has 0 saturated heterocycles. The van der Waals surface area contributed by atoms with Crippen molar-refractivity contribution in [2.45, 2.75) is 5.16 Å². The lowest BCUT2D eigenvalue weighted by atomic mass is 10.2. The number of hydrogen-bond donors (Lipinski definition) is 1. The topological polar surface area (TPSA) is 68.0 Å². The fourth-order valence-corrected chi connectivity index (χ4v) is 2.32. The Morgan fingerprint density at radius 2 is 2.32 bits per heavy atom. The van der Waals surface area contributed by atoms with E-state index in [1.54, 1.807) is 13.1 Å². The molecule has 0 saturated carbocycles. The molecule has 0 radical (unpaired) electrons. The molecule has 1 N–H and O–H groups in total. The Morgan fingerprint density at radius 1 is 1.58 bits per heavy atom. The van der Waals surface area contributed by atoms with Gasteiger partial charge >= 0.3 is 5.97 Å². The van der Waals surface area contributed by atoms with Crippen molar-refractivity contribution in [3.8, 4) is 11.4 Å². The van der Waals surface area contributed by atoms with Gasteiger partial charge in [0.2, 0.25) is 0 Å². The lowest BCUT2D eigenvalue weighted by Crippen LogP contribution is -2.00. The molecule has 0 amide bonds. The number of halogens is 2. The van der Waals surface area contributed by atoms with Crippen LogP contribution in [0.5, 0.6) is 0 Å². The molecular formula is C11H9ClFN3O2S. The van der Waals surface area contributed by atoms with Crippen LogP contribution in [0.2, 0.25) is 5.02 Å². The van der Waals surface area contributed by atoms with E-state index in [0.29, 0.717) is 5.16 Å². The van der Waals surface area contributed by atoms with Gasteiger partial charge in [0.25, 0.3) is 0 Å². The molecule has 0 aliphatic carbocycles. The van der Waals surface area contributed by atoms with E-state index in [0.717, 1.165) is 11.8 Å². The van der Waals surface area contributed by atoms with Gasteiger partial charge in [-0.3, -0.25) is 4.79 Å². The molecule has 0 aliphatic rings. The van der Waals surface area contributed by atoms with Crippen molar-refractivity contribution < 1.29 is 14.3 Å². The van der Waals surface area contributed by atoms with E-state index < -0.39 is 11.8 Å². The third-order valence-corrected chi connectivity index (χ3v) is 3.55. The van der Waals surface area contributed by atoms with Gasteiger partial charge in [0.1, 0.15) is 5.82 Å². The first kappa shape index (κ1) is 13.8. The molecule has 0 aliphatic heterocycles. The van der Waals surface area contributed by atoms with Crippen molar-refractivity contribution in [2.24, 2.45) is 7.05 Å². The van der Waals surface area contributed by atoms with E-state index >= 15 is 0 Å². The van der Waals surface area contributed by atoms with E-state index in [4.69, 9.17) is 16.7 Å². The van der Waals surface area contributed by atoms with Crippen LogP contribution in [-0.2, 0) is 11.8 Å². The molecule has 100 valence electrons. The molecule has 8 heteroatoms. The van der Waals surface area contributed by atoms with Gasteiger partial charge in [-0.1, -0.05) is 29.4 Å². The highest BCUT2D eigenvalue weighted by molar-refractivity contribution is 7.99. The molecule has 0 fully saturated rings. The van der Waals surface area contributed by atoms with Crippen LogP contribution in [0.4, 0.5) is 4.39 Å². The van der Waals surface area contributed by atoms with Gasteiger partial charge in [-0.25, -0.2) is 14.1 Å². The zero-order chi connectivity index (χ0) is 14.0. The van der Waals surface area contributed by atoms with E-state index in [9.17, 15) is 9.18 Å². The molecule has 19 heavy (non-hydrogen) atoms. The predicted molar refractivity (Wildman–Crippen MR) is 69.8 cm³/mol. The fraction of sp³-hybridized carbons (Fsp3) is 0.182. The van der Waals surface area contributed by atoms with Gasteiger partial charge in [-0.2, -0.15) is 5.10 Å². The van der Waals surface area contributed by atoms with E-state index in [1.807, 2.05) is 0 Å². The number of aryl methyl sites for hydroxylation is 1. The van der Waals surface area contributed by atoms with Crippen LogP contribution in [-0.4, -0.2) is 31.6 Å². The number of rotatable bonds is 4. The third-order valence-electron chi connectivity index (χ3n) is 2.23. The Balaban J connectivity index is 2.36. The van der Waals surface area contributed by atoms with Crippen LogP contribution in [0, 0.1) is 5.82 Å². The number of thioether (sulfide) groups is 1. The monoisotopic (exact) mass is 301 g/mol. The van der Waals surface area contributed by atoms with Crippen molar-refractivity contribution in [3.63, 3.8) is 0 Å². The smallest absolute Gasteiger partial charge is 0.313 e. The van der Waals surface area contributed by atoms with Gasteiger partial charge < -0.3 is 5.11 Å². The first-order valence-corrected chi connectivity index (χ1v) is 6.55. The first-order chi connectivity index (χ1) is 8.99. The summed E-state index contributed by atoms with van der Waals surface area (Å²) in [5.74, 6) is -1.48. The summed E-state index contributed by atoms with van der Waals surface area (Å²) in [6.07, 6.45) is 0. The molecule has 0 spiro atoms. The minimum absolute atomic E-state index is 0.113. The van der Waals surface area contributed by atoms with Crippen LogP contribution in [0.15, 0.2) is 23.4 Å². The summed E-state index contributed by atoms with van der Waals surface area (Å²) in [4.78, 5) is 14.6. The Hall–Kier alpha value is -1.60. The van der Waals surface area contributed by atoms with Gasteiger partial charge in [0.05, 0.1) is 16.3 Å². The second kappa shape index (κ2) is 5.58. The van der Waals surface area contributed by atoms with Gasteiger partial charge in [-0.05, 0) is 12.1 Å². The standard InChI is InChI=1S/C11H9ClFN3O2S/c1-16-11(19-5-8(17)18)14-10(15-16)9-6(12)3-2-4-7(9)13/h2-4H,5H2,1H3,(H,17,18). The van der Waals surface area contributed by atoms with Crippen molar-refractivity contribution in [1.29, 1.82) is 0 Å². The number of nitrogens with zero attached hydrogens (tertiary/aromatic N) is 3. The average Bonchev–Trinajstić information content (AvgIpc) is 2.67. The largest absolute Gasteiger partial charge is 0.481 e. The molecule has 5 nitrogen and oxygen atoms in total. The van der Waals surface area contributed by atoms with Crippen molar-refractivity contribution in [3.05, 3.63) is 29.0 Å². The van der Waals surface area contributed by atoms with E-state index in [2.05, 4.69) is 10.1 Å². The Labute approximate surface area is 117 Å². The van der Waals surface area contributed by atoms with Crippen LogP contribution >= 0.6 is 23.4 Å². The average molecular weight is 302 g/mol. The molecule has 1 aromatic carbocycles. The van der Waals surface area contributed by atoms with Crippen molar-refractivity contribution in [2.75, 3.05) is 5.75 Å². The van der Waals surface area contributed by atoms with Crippen LogP contribution in [0.25, 0.3) is 11.4 Å². The predicted octanol–water partition coefficient (Wildman–Crippen LogP) is 2.45. The summed E-state index contributed by atoms with van der Waals surface area (Å²) >= 11 is 6.93. The Morgan fingerprint density at radius 3 is 2.95 bits per heavy atom. The zero-order valence-electron chi connectivity index (χ0n) is 9.80. The van der Waals surface area contributed by atoms with E-state index in [1.165, 1.54) is 16.8 Å². The molecule has 0 atom stereocenters. The quantitative estimate of drug-likeness (QED) is 0.879. The summed E-state index contributed by atoms with van der Waals surface area (Å²) in [6, 6.07) is 4.30. The summed E-state index contributed by atoms with van der Waals surface area (Å²) in [5.41, 5.74) is 0.113. The second-order valence-corrected chi connectivity index (χ2v) is 4.97. The summed E-state index contributed by atoms with van der Waals surface area (Å²) in [7, 11) is 1.61. The number of benzene rings is 1. The molecule has 0 unspecified atom stereocenters. The maximum absolute atomic E-state index is 13.7. The van der Waals surface area contributed by atoms with Crippen LogP contribution in [0.1, 0.15) is 0 Å². The zero-order valence-corrected chi connectivity index (χ0v) is 11.4. The number of carboxylic acid groups (broad SMARTS) is 1. The van der Waals surface area contributed by atoms with Crippen LogP contribution in [0.3, 0.4) is 0 Å². The minimum Gasteiger partial charge on any atom is -0.481 e. The number of aliphatic carboxylic acids is 1. The lowest BCUT2D eigenvalue weighted by Gasteiger charge is -1.99.